The molecule has 1 heterocycles. The summed E-state index contributed by atoms with van der Waals surface area (Å²) < 4.78 is 2.38. The normalized spacial score (nSPS) is 19.6. The Kier molecular flexibility index (Phi) is 2.64. The summed E-state index contributed by atoms with van der Waals surface area (Å²) in [5.41, 5.74) is 0. The van der Waals surface area contributed by atoms with Crippen LogP contribution in [0.2, 0.25) is 0 Å². The molecular weight excluding hydrogens is 212 g/mol. The first kappa shape index (κ1) is 10.8. The average Bonchev–Trinajstić information content (AvgIpc) is 3.19. The standard InChI is InChI=1S/C13H18N4/c1-3-8-16(2)9-12-14-15-13(10-4-5-10)17(12)11-6-7-11/h1,10-11H,4-9H2,2H3. The monoisotopic (exact) mass is 230 g/mol. The number of aromatic nitrogens is 3. The summed E-state index contributed by atoms with van der Waals surface area (Å²) in [6.07, 6.45) is 10.5. The highest BCUT2D eigenvalue weighted by atomic mass is 15.3. The third kappa shape index (κ3) is 2.20. The van der Waals surface area contributed by atoms with Crippen molar-refractivity contribution in [1.82, 2.24) is 19.7 Å². The van der Waals surface area contributed by atoms with Crippen molar-refractivity contribution in [3.8, 4) is 12.3 Å². The Morgan fingerprint density at radius 1 is 1.35 bits per heavy atom. The molecule has 4 nitrogen and oxygen atoms in total. The summed E-state index contributed by atoms with van der Waals surface area (Å²) in [6.45, 7) is 1.47. The zero-order chi connectivity index (χ0) is 11.8. The number of hydrogen-bond donors (Lipinski definition) is 0. The van der Waals surface area contributed by atoms with Gasteiger partial charge in [-0.15, -0.1) is 16.6 Å². The first-order valence-corrected chi connectivity index (χ1v) is 6.35. The van der Waals surface area contributed by atoms with Gasteiger partial charge in [-0.1, -0.05) is 5.92 Å². The van der Waals surface area contributed by atoms with E-state index in [0.717, 1.165) is 12.4 Å². The van der Waals surface area contributed by atoms with E-state index in [2.05, 4.69) is 25.6 Å². The molecule has 0 amide bonds. The van der Waals surface area contributed by atoms with E-state index in [1.807, 2.05) is 7.05 Å². The zero-order valence-electron chi connectivity index (χ0n) is 10.3. The molecule has 3 rings (SSSR count). The maximum Gasteiger partial charge on any atom is 0.147 e. The van der Waals surface area contributed by atoms with Gasteiger partial charge in [0.25, 0.3) is 0 Å². The number of nitrogens with zero attached hydrogens (tertiary/aromatic N) is 4. The molecule has 2 aliphatic carbocycles. The van der Waals surface area contributed by atoms with Crippen LogP contribution in [0.4, 0.5) is 0 Å². The molecule has 1 aromatic heterocycles. The van der Waals surface area contributed by atoms with Gasteiger partial charge in [0, 0.05) is 12.0 Å². The van der Waals surface area contributed by atoms with Crippen LogP contribution in [0.5, 0.6) is 0 Å². The largest absolute Gasteiger partial charge is 0.311 e. The van der Waals surface area contributed by atoms with Crippen molar-refractivity contribution in [3.05, 3.63) is 11.6 Å². The summed E-state index contributed by atoms with van der Waals surface area (Å²) in [5.74, 6) is 5.65. The van der Waals surface area contributed by atoms with Crippen molar-refractivity contribution in [3.63, 3.8) is 0 Å². The van der Waals surface area contributed by atoms with Gasteiger partial charge in [-0.25, -0.2) is 0 Å². The van der Waals surface area contributed by atoms with Crippen molar-refractivity contribution >= 4 is 0 Å². The Morgan fingerprint density at radius 2 is 2.12 bits per heavy atom. The molecular formula is C13H18N4. The summed E-state index contributed by atoms with van der Waals surface area (Å²) in [6, 6.07) is 0.662. The van der Waals surface area contributed by atoms with Crippen molar-refractivity contribution in [2.24, 2.45) is 0 Å². The molecule has 2 saturated carbocycles. The van der Waals surface area contributed by atoms with Crippen molar-refractivity contribution in [2.45, 2.75) is 44.2 Å². The van der Waals surface area contributed by atoms with Crippen LogP contribution in [0, 0.1) is 12.3 Å². The highest BCUT2D eigenvalue weighted by Crippen LogP contribution is 2.44. The van der Waals surface area contributed by atoms with Gasteiger partial charge in [-0.3, -0.25) is 4.90 Å². The van der Waals surface area contributed by atoms with Crippen molar-refractivity contribution in [1.29, 1.82) is 0 Å². The van der Waals surface area contributed by atoms with Crippen molar-refractivity contribution < 1.29 is 0 Å². The highest BCUT2D eigenvalue weighted by molar-refractivity contribution is 5.12. The van der Waals surface area contributed by atoms with Crippen LogP contribution in [0.25, 0.3) is 0 Å². The van der Waals surface area contributed by atoms with Gasteiger partial charge >= 0.3 is 0 Å². The fourth-order valence-corrected chi connectivity index (χ4v) is 2.25. The molecule has 1 aromatic rings. The Bertz CT molecular complexity index is 448. The first-order chi connectivity index (χ1) is 8.29. The maximum atomic E-state index is 5.32. The SMILES string of the molecule is C#CCN(C)Cc1nnc(C2CC2)n1C1CC1. The zero-order valence-corrected chi connectivity index (χ0v) is 10.3. The van der Waals surface area contributed by atoms with Crippen LogP contribution in [-0.4, -0.2) is 33.3 Å². The van der Waals surface area contributed by atoms with Gasteiger partial charge in [0.1, 0.15) is 11.6 Å². The van der Waals surface area contributed by atoms with Gasteiger partial charge in [-0.2, -0.15) is 0 Å². The van der Waals surface area contributed by atoms with E-state index in [9.17, 15) is 0 Å². The molecule has 90 valence electrons. The van der Waals surface area contributed by atoms with Gasteiger partial charge in [0.2, 0.25) is 0 Å². The van der Waals surface area contributed by atoms with E-state index < -0.39 is 0 Å². The lowest BCUT2D eigenvalue weighted by Gasteiger charge is -2.14. The lowest BCUT2D eigenvalue weighted by Crippen LogP contribution is -2.21. The highest BCUT2D eigenvalue weighted by Gasteiger charge is 2.36. The van der Waals surface area contributed by atoms with E-state index >= 15 is 0 Å². The second-order valence-electron chi connectivity index (χ2n) is 5.23. The van der Waals surface area contributed by atoms with E-state index in [0.29, 0.717) is 18.5 Å². The van der Waals surface area contributed by atoms with Gasteiger partial charge < -0.3 is 4.57 Å². The van der Waals surface area contributed by atoms with Gasteiger partial charge in [0.15, 0.2) is 0 Å². The average molecular weight is 230 g/mol. The second kappa shape index (κ2) is 4.15. The molecule has 17 heavy (non-hydrogen) atoms. The summed E-state index contributed by atoms with van der Waals surface area (Å²) >= 11 is 0. The predicted molar refractivity (Wildman–Crippen MR) is 65.4 cm³/mol. The molecule has 0 saturated heterocycles. The number of terminal acetylenes is 1. The molecule has 0 N–H and O–H groups in total. The van der Waals surface area contributed by atoms with Crippen LogP contribution in [0.15, 0.2) is 0 Å². The third-order valence-electron chi connectivity index (χ3n) is 3.42. The van der Waals surface area contributed by atoms with Crippen LogP contribution in [-0.2, 0) is 6.54 Å². The molecule has 4 heteroatoms. The van der Waals surface area contributed by atoms with E-state index in [1.54, 1.807) is 0 Å². The molecule has 0 bridgehead atoms. The van der Waals surface area contributed by atoms with Gasteiger partial charge in [0.05, 0.1) is 13.1 Å². The number of hydrogen-bond acceptors (Lipinski definition) is 3. The second-order valence-corrected chi connectivity index (χ2v) is 5.23. The minimum Gasteiger partial charge on any atom is -0.311 e. The Morgan fingerprint density at radius 3 is 2.71 bits per heavy atom. The fourth-order valence-electron chi connectivity index (χ4n) is 2.25. The van der Waals surface area contributed by atoms with E-state index in [4.69, 9.17) is 6.42 Å². The molecule has 0 unspecified atom stereocenters. The minimum atomic E-state index is 0.662. The first-order valence-electron chi connectivity index (χ1n) is 6.35. The third-order valence-corrected chi connectivity index (χ3v) is 3.42. The van der Waals surface area contributed by atoms with Gasteiger partial charge in [-0.05, 0) is 32.7 Å². The molecule has 0 aromatic carbocycles. The van der Waals surface area contributed by atoms with E-state index in [1.165, 1.54) is 31.5 Å². The van der Waals surface area contributed by atoms with E-state index in [-0.39, 0.29) is 0 Å². The van der Waals surface area contributed by atoms with Crippen LogP contribution >= 0.6 is 0 Å². The lowest BCUT2D eigenvalue weighted by molar-refractivity contribution is 0.349. The molecule has 0 atom stereocenters. The minimum absolute atomic E-state index is 0.662. The molecule has 0 spiro atoms. The summed E-state index contributed by atoms with van der Waals surface area (Å²) in [4.78, 5) is 2.11. The number of rotatable bonds is 5. The summed E-state index contributed by atoms with van der Waals surface area (Å²) in [5, 5.41) is 8.75. The van der Waals surface area contributed by atoms with Crippen LogP contribution in [0.1, 0.15) is 49.3 Å². The topological polar surface area (TPSA) is 34.0 Å². The molecule has 0 radical (unpaired) electrons. The molecule has 2 fully saturated rings. The molecule has 2 aliphatic rings. The van der Waals surface area contributed by atoms with Crippen molar-refractivity contribution in [2.75, 3.05) is 13.6 Å². The lowest BCUT2D eigenvalue weighted by atomic mass is 10.3. The fraction of sp³-hybridized carbons (Fsp3) is 0.692. The summed E-state index contributed by atoms with van der Waals surface area (Å²) in [7, 11) is 2.03. The molecule has 0 aliphatic heterocycles. The van der Waals surface area contributed by atoms with Crippen LogP contribution < -0.4 is 0 Å². The maximum absolute atomic E-state index is 5.32. The predicted octanol–water partition coefficient (Wildman–Crippen LogP) is 1.56. The Labute approximate surface area is 102 Å². The quantitative estimate of drug-likeness (QED) is 0.720. The Balaban J connectivity index is 1.81. The smallest absolute Gasteiger partial charge is 0.147 e. The van der Waals surface area contributed by atoms with Crippen LogP contribution in [0.3, 0.4) is 0 Å². The Hall–Kier alpha value is -1.34.